The van der Waals surface area contributed by atoms with Crippen molar-refractivity contribution >= 4 is 0 Å². The number of hydrogen-bond acceptors (Lipinski definition) is 0. The Bertz CT molecular complexity index is 317. The molecule has 0 aliphatic heterocycles. The maximum Gasteiger partial charge on any atom is -0.0227 e. The molecule has 1 aromatic rings. The van der Waals surface area contributed by atoms with Gasteiger partial charge in [0.25, 0.3) is 0 Å². The molecule has 0 nitrogen and oxygen atoms in total. The second kappa shape index (κ2) is 5.91. The average molecular weight is 246 g/mol. The Morgan fingerprint density at radius 3 is 1.17 bits per heavy atom. The lowest BCUT2D eigenvalue weighted by Gasteiger charge is -2.24. The van der Waals surface area contributed by atoms with Crippen LogP contribution in [0.5, 0.6) is 0 Å². The summed E-state index contributed by atoms with van der Waals surface area (Å²) in [5, 5.41) is 0. The van der Waals surface area contributed by atoms with Gasteiger partial charge in [0.2, 0.25) is 0 Å². The van der Waals surface area contributed by atoms with Gasteiger partial charge >= 0.3 is 0 Å². The minimum atomic E-state index is 0.421. The van der Waals surface area contributed by atoms with Crippen LogP contribution in [0.25, 0.3) is 0 Å². The highest BCUT2D eigenvalue weighted by molar-refractivity contribution is 5.24. The van der Waals surface area contributed by atoms with Crippen LogP contribution in [0, 0.1) is 10.8 Å². The van der Waals surface area contributed by atoms with E-state index < -0.39 is 0 Å². The van der Waals surface area contributed by atoms with E-state index in [0.717, 1.165) is 0 Å². The van der Waals surface area contributed by atoms with Crippen molar-refractivity contribution in [2.75, 3.05) is 0 Å². The van der Waals surface area contributed by atoms with Gasteiger partial charge in [-0.3, -0.25) is 0 Å². The van der Waals surface area contributed by atoms with Crippen LogP contribution in [-0.2, 0) is 12.8 Å². The topological polar surface area (TPSA) is 0 Å². The van der Waals surface area contributed by atoms with E-state index in [-0.39, 0.29) is 0 Å². The zero-order chi connectivity index (χ0) is 13.8. The first-order chi connectivity index (χ1) is 8.28. The number of benzene rings is 1. The molecule has 0 atom stereocenters. The monoisotopic (exact) mass is 246 g/mol. The van der Waals surface area contributed by atoms with Crippen LogP contribution < -0.4 is 0 Å². The van der Waals surface area contributed by atoms with Crippen LogP contribution in [0.15, 0.2) is 24.3 Å². The minimum Gasteiger partial charge on any atom is -0.0649 e. The quantitative estimate of drug-likeness (QED) is 0.609. The molecule has 0 radical (unpaired) electrons. The predicted molar refractivity (Wildman–Crippen MR) is 82.0 cm³/mol. The Balaban J connectivity index is 2.69. The van der Waals surface area contributed by atoms with Gasteiger partial charge in [0.05, 0.1) is 0 Å². The van der Waals surface area contributed by atoms with Crippen molar-refractivity contribution in [2.24, 2.45) is 10.8 Å². The molecule has 0 aliphatic rings. The summed E-state index contributed by atoms with van der Waals surface area (Å²) < 4.78 is 0. The highest BCUT2D eigenvalue weighted by Gasteiger charge is 2.17. The van der Waals surface area contributed by atoms with Gasteiger partial charge in [0.1, 0.15) is 0 Å². The summed E-state index contributed by atoms with van der Waals surface area (Å²) in [6.07, 6.45) is 4.83. The molecular formula is C18H30. The number of hydrogen-bond donors (Lipinski definition) is 0. The van der Waals surface area contributed by atoms with E-state index in [1.165, 1.54) is 36.8 Å². The lowest BCUT2D eigenvalue weighted by Crippen LogP contribution is -2.14. The summed E-state index contributed by atoms with van der Waals surface area (Å²) in [7, 11) is 0. The fourth-order valence-corrected chi connectivity index (χ4v) is 2.13. The Morgan fingerprint density at radius 1 is 0.667 bits per heavy atom. The van der Waals surface area contributed by atoms with Crippen molar-refractivity contribution < 1.29 is 0 Å². The van der Waals surface area contributed by atoms with Crippen LogP contribution in [-0.4, -0.2) is 0 Å². The highest BCUT2D eigenvalue weighted by atomic mass is 14.2. The molecule has 0 fully saturated rings. The van der Waals surface area contributed by atoms with Crippen LogP contribution >= 0.6 is 0 Å². The molecule has 0 aromatic heterocycles. The smallest absolute Gasteiger partial charge is 0.0227 e. The van der Waals surface area contributed by atoms with Gasteiger partial charge in [-0.2, -0.15) is 0 Å². The van der Waals surface area contributed by atoms with E-state index >= 15 is 0 Å². The van der Waals surface area contributed by atoms with Gasteiger partial charge in [-0.05, 0) is 34.8 Å². The third-order valence-corrected chi connectivity index (χ3v) is 4.30. The van der Waals surface area contributed by atoms with Gasteiger partial charge in [-0.15, -0.1) is 0 Å². The standard InChI is InChI=1S/C18H30/c1-7-17(3,4)13-15-9-11-16(12-10-15)14-18(5,6)8-2/h9-12H,7-8,13-14H2,1-6H3. The zero-order valence-electron chi connectivity index (χ0n) is 13.1. The zero-order valence-corrected chi connectivity index (χ0v) is 13.1. The molecule has 0 heterocycles. The van der Waals surface area contributed by atoms with Crippen molar-refractivity contribution in [2.45, 2.75) is 67.2 Å². The fourth-order valence-electron chi connectivity index (χ4n) is 2.13. The third kappa shape index (κ3) is 4.84. The van der Waals surface area contributed by atoms with Gasteiger partial charge in [-0.25, -0.2) is 0 Å². The fraction of sp³-hybridized carbons (Fsp3) is 0.667. The maximum absolute atomic E-state index is 2.35. The minimum absolute atomic E-state index is 0.421. The Hall–Kier alpha value is -0.780. The normalized spacial score (nSPS) is 12.8. The molecule has 102 valence electrons. The van der Waals surface area contributed by atoms with Crippen LogP contribution in [0.1, 0.15) is 65.5 Å². The predicted octanol–water partition coefficient (Wildman–Crippen LogP) is 5.64. The molecule has 0 amide bonds. The van der Waals surface area contributed by atoms with E-state index in [9.17, 15) is 0 Å². The molecule has 1 aromatic carbocycles. The van der Waals surface area contributed by atoms with Crippen molar-refractivity contribution in [3.05, 3.63) is 35.4 Å². The molecule has 0 saturated carbocycles. The SMILES string of the molecule is CCC(C)(C)Cc1ccc(CC(C)(C)CC)cc1. The Morgan fingerprint density at radius 2 is 0.944 bits per heavy atom. The second-order valence-corrected chi connectivity index (χ2v) is 7.21. The van der Waals surface area contributed by atoms with Crippen LogP contribution in [0.3, 0.4) is 0 Å². The van der Waals surface area contributed by atoms with E-state index in [1.54, 1.807) is 0 Å². The van der Waals surface area contributed by atoms with Gasteiger partial charge < -0.3 is 0 Å². The molecule has 0 aliphatic carbocycles. The molecule has 0 saturated heterocycles. The summed E-state index contributed by atoms with van der Waals surface area (Å²) >= 11 is 0. The number of rotatable bonds is 6. The maximum atomic E-state index is 2.35. The molecule has 0 N–H and O–H groups in total. The summed E-state index contributed by atoms with van der Waals surface area (Å²) in [4.78, 5) is 0. The molecule has 0 unspecified atom stereocenters. The summed E-state index contributed by atoms with van der Waals surface area (Å²) in [6, 6.07) is 9.27. The average Bonchev–Trinajstić information content (AvgIpc) is 2.31. The highest BCUT2D eigenvalue weighted by Crippen LogP contribution is 2.28. The lowest BCUT2D eigenvalue weighted by molar-refractivity contribution is 0.346. The van der Waals surface area contributed by atoms with Crippen molar-refractivity contribution in [1.29, 1.82) is 0 Å². The van der Waals surface area contributed by atoms with Gasteiger partial charge in [-0.1, -0.05) is 78.6 Å². The summed E-state index contributed by atoms with van der Waals surface area (Å²) in [5.41, 5.74) is 3.79. The largest absolute Gasteiger partial charge is 0.0649 e. The molecule has 0 spiro atoms. The third-order valence-electron chi connectivity index (χ3n) is 4.30. The van der Waals surface area contributed by atoms with Crippen LogP contribution in [0.4, 0.5) is 0 Å². The van der Waals surface area contributed by atoms with Crippen LogP contribution in [0.2, 0.25) is 0 Å². The molecular weight excluding hydrogens is 216 g/mol. The Labute approximate surface area is 114 Å². The first-order valence-corrected chi connectivity index (χ1v) is 7.36. The molecule has 0 heteroatoms. The first kappa shape index (κ1) is 15.3. The first-order valence-electron chi connectivity index (χ1n) is 7.36. The van der Waals surface area contributed by atoms with E-state index in [4.69, 9.17) is 0 Å². The molecule has 18 heavy (non-hydrogen) atoms. The van der Waals surface area contributed by atoms with E-state index in [1.807, 2.05) is 0 Å². The van der Waals surface area contributed by atoms with Crippen molar-refractivity contribution in [3.63, 3.8) is 0 Å². The lowest BCUT2D eigenvalue weighted by atomic mass is 9.81. The van der Waals surface area contributed by atoms with Crippen molar-refractivity contribution in [3.8, 4) is 0 Å². The van der Waals surface area contributed by atoms with Crippen molar-refractivity contribution in [1.82, 2.24) is 0 Å². The Kier molecular flexibility index (Phi) is 5.01. The molecule has 0 bridgehead atoms. The van der Waals surface area contributed by atoms with E-state index in [0.29, 0.717) is 10.8 Å². The summed E-state index contributed by atoms with van der Waals surface area (Å²) in [6.45, 7) is 13.9. The van der Waals surface area contributed by atoms with E-state index in [2.05, 4.69) is 65.8 Å². The van der Waals surface area contributed by atoms with Gasteiger partial charge in [0.15, 0.2) is 0 Å². The summed E-state index contributed by atoms with van der Waals surface area (Å²) in [5.74, 6) is 0. The molecule has 1 rings (SSSR count). The second-order valence-electron chi connectivity index (χ2n) is 7.21. The van der Waals surface area contributed by atoms with Gasteiger partial charge in [0, 0.05) is 0 Å².